The fourth-order valence-corrected chi connectivity index (χ4v) is 3.58. The summed E-state index contributed by atoms with van der Waals surface area (Å²) in [5.74, 6) is 0.666. The van der Waals surface area contributed by atoms with Gasteiger partial charge in [0.2, 0.25) is 0 Å². The molecule has 0 heterocycles. The van der Waals surface area contributed by atoms with E-state index in [9.17, 15) is 4.39 Å². The van der Waals surface area contributed by atoms with Gasteiger partial charge in [0.1, 0.15) is 5.82 Å². The van der Waals surface area contributed by atoms with Crippen molar-refractivity contribution in [2.45, 2.75) is 50.9 Å². The Morgan fingerprint density at radius 2 is 1.88 bits per heavy atom. The van der Waals surface area contributed by atoms with Crippen molar-refractivity contribution in [2.75, 3.05) is 33.4 Å². The molecule has 2 N–H and O–H groups in total. The Balaban J connectivity index is 1.84. The Kier molecular flexibility index (Phi) is 8.19. The Morgan fingerprint density at radius 1 is 1.16 bits per heavy atom. The SMILES string of the molecule is CCOCCCCNC(=NC)NCC1(c2ccc(F)cc2)CCCC1. The molecule has 0 aliphatic heterocycles. The van der Waals surface area contributed by atoms with E-state index in [1.807, 2.05) is 19.1 Å². The van der Waals surface area contributed by atoms with E-state index in [-0.39, 0.29) is 11.2 Å². The van der Waals surface area contributed by atoms with Crippen molar-refractivity contribution in [2.24, 2.45) is 4.99 Å². The van der Waals surface area contributed by atoms with Gasteiger partial charge >= 0.3 is 0 Å². The number of nitrogens with zero attached hydrogens (tertiary/aromatic N) is 1. The quantitative estimate of drug-likeness (QED) is 0.407. The van der Waals surface area contributed by atoms with Crippen molar-refractivity contribution in [1.82, 2.24) is 10.6 Å². The molecule has 0 unspecified atom stereocenters. The first-order valence-electron chi connectivity index (χ1n) is 9.48. The lowest BCUT2D eigenvalue weighted by atomic mass is 9.79. The third-order valence-corrected chi connectivity index (χ3v) is 5.05. The normalized spacial score (nSPS) is 16.8. The Bertz CT molecular complexity index is 524. The highest BCUT2D eigenvalue weighted by Crippen LogP contribution is 2.40. The van der Waals surface area contributed by atoms with E-state index >= 15 is 0 Å². The second-order valence-electron chi connectivity index (χ2n) is 6.75. The zero-order valence-electron chi connectivity index (χ0n) is 15.6. The van der Waals surface area contributed by atoms with Gasteiger partial charge < -0.3 is 15.4 Å². The molecule has 0 atom stereocenters. The molecule has 25 heavy (non-hydrogen) atoms. The molecule has 0 saturated heterocycles. The monoisotopic (exact) mass is 349 g/mol. The summed E-state index contributed by atoms with van der Waals surface area (Å²) in [6, 6.07) is 7.01. The molecular weight excluding hydrogens is 317 g/mol. The van der Waals surface area contributed by atoms with Crippen molar-refractivity contribution in [1.29, 1.82) is 0 Å². The lowest BCUT2D eigenvalue weighted by molar-refractivity contribution is 0.143. The maximum atomic E-state index is 13.3. The number of guanidine groups is 1. The van der Waals surface area contributed by atoms with Crippen LogP contribution in [0.15, 0.2) is 29.3 Å². The molecule has 1 aliphatic rings. The molecule has 1 aliphatic carbocycles. The molecule has 1 aromatic rings. The number of aliphatic imine (C=N–C) groups is 1. The summed E-state index contributed by atoms with van der Waals surface area (Å²) in [4.78, 5) is 4.33. The molecule has 0 amide bonds. The molecule has 2 rings (SSSR count). The molecule has 4 nitrogen and oxygen atoms in total. The van der Waals surface area contributed by atoms with E-state index in [2.05, 4.69) is 15.6 Å². The summed E-state index contributed by atoms with van der Waals surface area (Å²) >= 11 is 0. The van der Waals surface area contributed by atoms with Gasteiger partial charge in [-0.1, -0.05) is 25.0 Å². The van der Waals surface area contributed by atoms with Crippen LogP contribution in [0.1, 0.15) is 51.0 Å². The summed E-state index contributed by atoms with van der Waals surface area (Å²) in [6.45, 7) is 5.33. The van der Waals surface area contributed by atoms with Crippen molar-refractivity contribution >= 4 is 5.96 Å². The Hall–Kier alpha value is -1.62. The lowest BCUT2D eigenvalue weighted by Crippen LogP contribution is -2.45. The zero-order chi connectivity index (χ0) is 18.0. The highest BCUT2D eigenvalue weighted by Gasteiger charge is 2.35. The predicted octanol–water partition coefficient (Wildman–Crippen LogP) is 3.62. The van der Waals surface area contributed by atoms with Gasteiger partial charge in [-0.05, 0) is 50.3 Å². The van der Waals surface area contributed by atoms with Crippen LogP contribution in [0, 0.1) is 5.82 Å². The van der Waals surface area contributed by atoms with Crippen LogP contribution in [0.4, 0.5) is 4.39 Å². The molecule has 1 fully saturated rings. The summed E-state index contributed by atoms with van der Waals surface area (Å²) in [7, 11) is 1.80. The molecule has 1 aromatic carbocycles. The molecule has 0 bridgehead atoms. The van der Waals surface area contributed by atoms with E-state index in [1.54, 1.807) is 19.2 Å². The minimum absolute atomic E-state index is 0.0836. The van der Waals surface area contributed by atoms with Gasteiger partial charge in [-0.25, -0.2) is 4.39 Å². The number of nitrogens with one attached hydrogen (secondary N) is 2. The number of rotatable bonds is 9. The average molecular weight is 349 g/mol. The summed E-state index contributed by atoms with van der Waals surface area (Å²) in [5, 5.41) is 6.85. The number of unbranched alkanes of at least 4 members (excludes halogenated alkanes) is 1. The van der Waals surface area contributed by atoms with Crippen molar-refractivity contribution < 1.29 is 9.13 Å². The molecule has 0 aromatic heterocycles. The van der Waals surface area contributed by atoms with Crippen LogP contribution in [0.3, 0.4) is 0 Å². The first kappa shape index (κ1) is 19.7. The van der Waals surface area contributed by atoms with Gasteiger partial charge in [0.15, 0.2) is 5.96 Å². The van der Waals surface area contributed by atoms with Gasteiger partial charge in [-0.3, -0.25) is 4.99 Å². The number of ether oxygens (including phenoxy) is 1. The fourth-order valence-electron chi connectivity index (χ4n) is 3.58. The summed E-state index contributed by atoms with van der Waals surface area (Å²) in [6.07, 6.45) is 6.83. The number of hydrogen-bond donors (Lipinski definition) is 2. The molecular formula is C20H32FN3O. The standard InChI is InChI=1S/C20H32FN3O/c1-3-25-15-7-6-14-23-19(22-2)24-16-20(12-4-5-13-20)17-8-10-18(21)11-9-17/h8-11H,3-7,12-16H2,1-2H3,(H2,22,23,24). The van der Waals surface area contributed by atoms with Gasteiger partial charge in [-0.2, -0.15) is 0 Å². The van der Waals surface area contributed by atoms with Crippen molar-refractivity contribution in [3.63, 3.8) is 0 Å². The molecule has 5 heteroatoms. The minimum atomic E-state index is -0.172. The lowest BCUT2D eigenvalue weighted by Gasteiger charge is -2.31. The van der Waals surface area contributed by atoms with E-state index in [4.69, 9.17) is 4.74 Å². The maximum absolute atomic E-state index is 13.3. The van der Waals surface area contributed by atoms with Gasteiger partial charge in [0.05, 0.1) is 0 Å². The van der Waals surface area contributed by atoms with Gasteiger partial charge in [0.25, 0.3) is 0 Å². The van der Waals surface area contributed by atoms with Crippen LogP contribution >= 0.6 is 0 Å². The average Bonchev–Trinajstić information content (AvgIpc) is 3.11. The first-order valence-corrected chi connectivity index (χ1v) is 9.48. The Morgan fingerprint density at radius 3 is 2.52 bits per heavy atom. The third kappa shape index (κ3) is 5.99. The van der Waals surface area contributed by atoms with E-state index < -0.39 is 0 Å². The smallest absolute Gasteiger partial charge is 0.191 e. The third-order valence-electron chi connectivity index (χ3n) is 5.05. The molecule has 140 valence electrons. The summed E-state index contributed by atoms with van der Waals surface area (Å²) in [5.41, 5.74) is 1.31. The van der Waals surface area contributed by atoms with E-state index in [0.29, 0.717) is 0 Å². The summed E-state index contributed by atoms with van der Waals surface area (Å²) < 4.78 is 18.6. The van der Waals surface area contributed by atoms with E-state index in [0.717, 1.165) is 57.9 Å². The van der Waals surface area contributed by atoms with E-state index in [1.165, 1.54) is 18.4 Å². The predicted molar refractivity (Wildman–Crippen MR) is 102 cm³/mol. The maximum Gasteiger partial charge on any atom is 0.191 e. The number of hydrogen-bond acceptors (Lipinski definition) is 2. The van der Waals surface area contributed by atoms with Crippen LogP contribution in [0.5, 0.6) is 0 Å². The largest absolute Gasteiger partial charge is 0.382 e. The highest BCUT2D eigenvalue weighted by molar-refractivity contribution is 5.79. The van der Waals surface area contributed by atoms with Crippen LogP contribution in [-0.2, 0) is 10.2 Å². The molecule has 0 spiro atoms. The van der Waals surface area contributed by atoms with Crippen molar-refractivity contribution in [3.8, 4) is 0 Å². The number of benzene rings is 1. The van der Waals surface area contributed by atoms with Gasteiger partial charge in [-0.15, -0.1) is 0 Å². The first-order chi connectivity index (χ1) is 12.2. The van der Waals surface area contributed by atoms with Crippen LogP contribution < -0.4 is 10.6 Å². The van der Waals surface area contributed by atoms with Crippen molar-refractivity contribution in [3.05, 3.63) is 35.6 Å². The fraction of sp³-hybridized carbons (Fsp3) is 0.650. The highest BCUT2D eigenvalue weighted by atomic mass is 19.1. The number of halogens is 1. The van der Waals surface area contributed by atoms with Crippen LogP contribution in [-0.4, -0.2) is 39.3 Å². The topological polar surface area (TPSA) is 45.6 Å². The minimum Gasteiger partial charge on any atom is -0.382 e. The zero-order valence-corrected chi connectivity index (χ0v) is 15.6. The molecule has 0 radical (unpaired) electrons. The second kappa shape index (κ2) is 10.4. The van der Waals surface area contributed by atoms with Gasteiger partial charge in [0, 0.05) is 38.8 Å². The Labute approximate surface area is 151 Å². The second-order valence-corrected chi connectivity index (χ2v) is 6.75. The van der Waals surface area contributed by atoms with Crippen LogP contribution in [0.25, 0.3) is 0 Å². The van der Waals surface area contributed by atoms with Crippen LogP contribution in [0.2, 0.25) is 0 Å². The molecule has 1 saturated carbocycles.